The summed E-state index contributed by atoms with van der Waals surface area (Å²) in [5, 5.41) is 9.88. The number of hydrogen-bond donors (Lipinski definition) is 2. The quantitative estimate of drug-likeness (QED) is 0.763. The molecule has 0 aromatic carbocycles. The lowest BCUT2D eigenvalue weighted by atomic mass is 10.0. The van der Waals surface area contributed by atoms with E-state index in [1.54, 1.807) is 6.20 Å². The smallest absolute Gasteiger partial charge is 0.226 e. The van der Waals surface area contributed by atoms with Crippen molar-refractivity contribution in [2.75, 3.05) is 5.32 Å². The first-order chi connectivity index (χ1) is 11.5. The Morgan fingerprint density at radius 3 is 2.58 bits per heavy atom. The third-order valence-electron chi connectivity index (χ3n) is 3.63. The summed E-state index contributed by atoms with van der Waals surface area (Å²) in [7, 11) is 0. The van der Waals surface area contributed by atoms with Gasteiger partial charge in [-0.2, -0.15) is 5.10 Å². The SMILES string of the molecule is CC.CC(CCC(=O)NC=O)Nc1ccc(C(C)C)c2ccnn12. The summed E-state index contributed by atoms with van der Waals surface area (Å²) >= 11 is 0. The lowest BCUT2D eigenvalue weighted by Crippen LogP contribution is -2.24. The van der Waals surface area contributed by atoms with Crippen LogP contribution in [0.15, 0.2) is 24.4 Å². The fourth-order valence-corrected chi connectivity index (χ4v) is 2.45. The van der Waals surface area contributed by atoms with Gasteiger partial charge in [-0.15, -0.1) is 0 Å². The van der Waals surface area contributed by atoms with Crippen molar-refractivity contribution >= 4 is 23.7 Å². The number of carbonyl (C=O) groups excluding carboxylic acids is 2. The molecule has 2 aromatic rings. The molecule has 2 heterocycles. The second-order valence-corrected chi connectivity index (χ2v) is 5.73. The molecule has 0 radical (unpaired) electrons. The van der Waals surface area contributed by atoms with Gasteiger partial charge in [0.05, 0.1) is 11.7 Å². The van der Waals surface area contributed by atoms with E-state index in [-0.39, 0.29) is 11.9 Å². The lowest BCUT2D eigenvalue weighted by molar-refractivity contribution is -0.125. The van der Waals surface area contributed by atoms with E-state index < -0.39 is 0 Å². The molecule has 0 spiro atoms. The van der Waals surface area contributed by atoms with Crippen molar-refractivity contribution in [1.82, 2.24) is 14.9 Å². The monoisotopic (exact) mass is 332 g/mol. The molecule has 2 rings (SSSR count). The molecule has 2 N–H and O–H groups in total. The molecule has 24 heavy (non-hydrogen) atoms. The van der Waals surface area contributed by atoms with Gasteiger partial charge in [-0.1, -0.05) is 33.8 Å². The maximum atomic E-state index is 11.3. The number of nitrogens with zero attached hydrogens (tertiary/aromatic N) is 2. The zero-order chi connectivity index (χ0) is 18.1. The number of carbonyl (C=O) groups is 2. The predicted octanol–water partition coefficient (Wildman–Crippen LogP) is 3.34. The molecule has 6 heteroatoms. The molecule has 0 saturated heterocycles. The van der Waals surface area contributed by atoms with Gasteiger partial charge >= 0.3 is 0 Å². The minimum atomic E-state index is -0.261. The van der Waals surface area contributed by atoms with Crippen LogP contribution in [0.25, 0.3) is 5.52 Å². The average Bonchev–Trinajstić information content (AvgIpc) is 3.05. The number of anilines is 1. The van der Waals surface area contributed by atoms with E-state index in [1.165, 1.54) is 5.56 Å². The van der Waals surface area contributed by atoms with Gasteiger partial charge in [0.15, 0.2) is 0 Å². The van der Waals surface area contributed by atoms with Crippen LogP contribution >= 0.6 is 0 Å². The number of fused-ring (bicyclic) bond motifs is 1. The molecule has 132 valence electrons. The summed E-state index contributed by atoms with van der Waals surface area (Å²) in [5.41, 5.74) is 2.34. The molecular formula is C18H28N4O2. The van der Waals surface area contributed by atoms with Crippen LogP contribution in [-0.2, 0) is 9.59 Å². The number of imide groups is 1. The van der Waals surface area contributed by atoms with E-state index in [9.17, 15) is 9.59 Å². The van der Waals surface area contributed by atoms with E-state index in [4.69, 9.17) is 0 Å². The van der Waals surface area contributed by atoms with Crippen molar-refractivity contribution in [2.45, 2.75) is 59.4 Å². The van der Waals surface area contributed by atoms with Crippen molar-refractivity contribution in [3.63, 3.8) is 0 Å². The Bertz CT molecular complexity index is 664. The molecule has 0 aliphatic carbocycles. The van der Waals surface area contributed by atoms with E-state index in [2.05, 4.69) is 35.6 Å². The van der Waals surface area contributed by atoms with E-state index in [1.807, 2.05) is 37.4 Å². The second-order valence-electron chi connectivity index (χ2n) is 5.73. The second kappa shape index (κ2) is 9.70. The number of rotatable bonds is 7. The Hall–Kier alpha value is -2.37. The summed E-state index contributed by atoms with van der Waals surface area (Å²) in [6, 6.07) is 6.21. The number of aromatic nitrogens is 2. The molecule has 2 aromatic heterocycles. The molecule has 0 fully saturated rings. The molecule has 1 unspecified atom stereocenters. The molecule has 2 amide bonds. The number of pyridine rings is 1. The van der Waals surface area contributed by atoms with Crippen LogP contribution in [-0.4, -0.2) is 28.0 Å². The highest BCUT2D eigenvalue weighted by molar-refractivity contribution is 5.85. The van der Waals surface area contributed by atoms with Gasteiger partial charge in [-0.05, 0) is 37.0 Å². The van der Waals surface area contributed by atoms with E-state index in [0.29, 0.717) is 25.2 Å². The average molecular weight is 332 g/mol. The van der Waals surface area contributed by atoms with Gasteiger partial charge in [0.25, 0.3) is 0 Å². The highest BCUT2D eigenvalue weighted by Crippen LogP contribution is 2.24. The maximum absolute atomic E-state index is 11.3. The van der Waals surface area contributed by atoms with Crippen LogP contribution in [0.3, 0.4) is 0 Å². The van der Waals surface area contributed by atoms with Crippen LogP contribution in [0.5, 0.6) is 0 Å². The summed E-state index contributed by atoms with van der Waals surface area (Å²) in [4.78, 5) is 21.5. The van der Waals surface area contributed by atoms with Gasteiger partial charge in [-0.25, -0.2) is 4.52 Å². The zero-order valence-electron chi connectivity index (χ0n) is 15.2. The van der Waals surface area contributed by atoms with Crippen LogP contribution in [0.2, 0.25) is 0 Å². The van der Waals surface area contributed by atoms with E-state index >= 15 is 0 Å². The van der Waals surface area contributed by atoms with Crippen molar-refractivity contribution < 1.29 is 9.59 Å². The first-order valence-corrected chi connectivity index (χ1v) is 8.49. The van der Waals surface area contributed by atoms with Crippen molar-refractivity contribution in [3.05, 3.63) is 30.0 Å². The van der Waals surface area contributed by atoms with Crippen molar-refractivity contribution in [1.29, 1.82) is 0 Å². The van der Waals surface area contributed by atoms with Gasteiger partial charge in [0.2, 0.25) is 12.3 Å². The van der Waals surface area contributed by atoms with Crippen molar-refractivity contribution in [3.8, 4) is 0 Å². The fraction of sp³-hybridized carbons (Fsp3) is 0.500. The molecule has 6 nitrogen and oxygen atoms in total. The minimum Gasteiger partial charge on any atom is -0.368 e. The molecule has 0 bridgehead atoms. The molecular weight excluding hydrogens is 304 g/mol. The normalized spacial score (nSPS) is 11.6. The molecule has 0 saturated carbocycles. The van der Waals surface area contributed by atoms with Crippen LogP contribution < -0.4 is 10.6 Å². The Kier molecular flexibility index (Phi) is 7.95. The predicted molar refractivity (Wildman–Crippen MR) is 97.2 cm³/mol. The summed E-state index contributed by atoms with van der Waals surface area (Å²) in [6.07, 6.45) is 3.14. The Labute approximate surface area is 143 Å². The van der Waals surface area contributed by atoms with Crippen LogP contribution in [0, 0.1) is 0 Å². The van der Waals surface area contributed by atoms with Gasteiger partial charge < -0.3 is 5.32 Å². The molecule has 0 aliphatic rings. The lowest BCUT2D eigenvalue weighted by Gasteiger charge is -2.17. The number of hydrogen-bond acceptors (Lipinski definition) is 4. The standard InChI is InChI=1S/C16H22N4O2.C2H6/c1-11(2)13-5-6-15(20-14(13)8-9-18-20)19-12(3)4-7-16(22)17-10-21;1-2/h5-6,8-12,19H,4,7H2,1-3H3,(H,17,21,22);1-2H3. The Balaban J connectivity index is 0.00000139. The van der Waals surface area contributed by atoms with Crippen LogP contribution in [0.4, 0.5) is 5.82 Å². The summed E-state index contributed by atoms with van der Waals surface area (Å²) in [6.45, 7) is 10.3. The zero-order valence-corrected chi connectivity index (χ0v) is 15.2. The maximum Gasteiger partial charge on any atom is 0.226 e. The number of nitrogens with one attached hydrogen (secondary N) is 2. The first-order valence-electron chi connectivity index (χ1n) is 8.49. The first kappa shape index (κ1) is 19.7. The highest BCUT2D eigenvalue weighted by Gasteiger charge is 2.12. The van der Waals surface area contributed by atoms with E-state index in [0.717, 1.165) is 11.3 Å². The summed E-state index contributed by atoms with van der Waals surface area (Å²) < 4.78 is 1.89. The largest absolute Gasteiger partial charge is 0.368 e. The Morgan fingerprint density at radius 1 is 1.25 bits per heavy atom. The summed E-state index contributed by atoms with van der Waals surface area (Å²) in [5.74, 6) is 1.06. The Morgan fingerprint density at radius 2 is 1.96 bits per heavy atom. The highest BCUT2D eigenvalue weighted by atomic mass is 16.2. The fourth-order valence-electron chi connectivity index (χ4n) is 2.45. The molecule has 0 aliphatic heterocycles. The molecule has 1 atom stereocenters. The third-order valence-corrected chi connectivity index (χ3v) is 3.63. The van der Waals surface area contributed by atoms with Gasteiger partial charge in [-0.3, -0.25) is 14.9 Å². The third kappa shape index (κ3) is 5.08. The minimum absolute atomic E-state index is 0.0923. The topological polar surface area (TPSA) is 75.5 Å². The van der Waals surface area contributed by atoms with Gasteiger partial charge in [0, 0.05) is 12.5 Å². The van der Waals surface area contributed by atoms with Crippen LogP contribution in [0.1, 0.15) is 58.9 Å². The van der Waals surface area contributed by atoms with Gasteiger partial charge in [0.1, 0.15) is 5.82 Å². The van der Waals surface area contributed by atoms with Crippen molar-refractivity contribution in [2.24, 2.45) is 0 Å². The number of amides is 2.